The minimum absolute atomic E-state index is 0. The van der Waals surface area contributed by atoms with Crippen LogP contribution in [0.15, 0.2) is 88.2 Å². The van der Waals surface area contributed by atoms with E-state index in [1.165, 1.54) is 12.2 Å². The minimum Gasteiger partial charge on any atom is -0.548 e. The van der Waals surface area contributed by atoms with Crippen LogP contribution in [0.4, 0.5) is 0 Å². The fourth-order valence-corrected chi connectivity index (χ4v) is 3.74. The molecule has 0 saturated heterocycles. The first-order valence-electron chi connectivity index (χ1n) is 7.69. The molecule has 0 fully saturated rings. The van der Waals surface area contributed by atoms with Crippen molar-refractivity contribution < 1.29 is 33.6 Å². The van der Waals surface area contributed by atoms with Crippen molar-refractivity contribution in [1.82, 2.24) is 0 Å². The van der Waals surface area contributed by atoms with E-state index < -0.39 is 10.7 Å². The van der Waals surface area contributed by atoms with Gasteiger partial charge in [-0.25, -0.2) is 0 Å². The summed E-state index contributed by atoms with van der Waals surface area (Å²) in [4.78, 5) is 25.3. The number of carboxylic acid groups (broad SMARTS) is 1. The number of hydrogen-bond donors (Lipinski definition) is 1. The van der Waals surface area contributed by atoms with Crippen LogP contribution >= 0.6 is 24.4 Å². The maximum Gasteiger partial charge on any atom is 1.00 e. The molecule has 0 amide bonds. The zero-order chi connectivity index (χ0) is 17.9. The number of carbonyl (C=O) groups is 2. The molecule has 0 bridgehead atoms. The van der Waals surface area contributed by atoms with E-state index in [1.807, 2.05) is 42.5 Å². The van der Waals surface area contributed by atoms with Gasteiger partial charge in [0.2, 0.25) is 0 Å². The Bertz CT molecular complexity index is 860. The molecule has 1 aliphatic carbocycles. The number of rotatable bonds is 5. The number of ketones is 1. The first-order chi connectivity index (χ1) is 12.0. The Morgan fingerprint density at radius 1 is 1.00 bits per heavy atom. The van der Waals surface area contributed by atoms with E-state index in [1.54, 1.807) is 30.0 Å². The summed E-state index contributed by atoms with van der Waals surface area (Å²) in [5.74, 6) is -1.38. The van der Waals surface area contributed by atoms with Crippen LogP contribution in [0.25, 0.3) is 0 Å². The molecule has 2 aromatic carbocycles. The molecule has 0 heterocycles. The van der Waals surface area contributed by atoms with E-state index >= 15 is 0 Å². The largest absolute Gasteiger partial charge is 1.00 e. The fraction of sp³-hybridized carbons (Fsp3) is 0.100. The summed E-state index contributed by atoms with van der Waals surface area (Å²) in [5, 5.41) is 11.8. The first-order valence-corrected chi connectivity index (χ1v) is 8.95. The van der Waals surface area contributed by atoms with E-state index in [0.29, 0.717) is 11.1 Å². The summed E-state index contributed by atoms with van der Waals surface area (Å²) in [7, 11) is 0. The van der Waals surface area contributed by atoms with Gasteiger partial charge in [0.1, 0.15) is 4.75 Å². The van der Waals surface area contributed by atoms with Gasteiger partial charge in [-0.1, -0.05) is 54.2 Å². The van der Waals surface area contributed by atoms with Crippen molar-refractivity contribution in [2.75, 3.05) is 0 Å². The van der Waals surface area contributed by atoms with Crippen LogP contribution in [-0.2, 0) is 14.3 Å². The Morgan fingerprint density at radius 2 is 1.62 bits per heavy atom. The van der Waals surface area contributed by atoms with Crippen LogP contribution in [0.3, 0.4) is 0 Å². The van der Waals surface area contributed by atoms with Gasteiger partial charge in [-0.05, 0) is 41.5 Å². The molecule has 0 N–H and O–H groups in total. The second-order valence-corrected chi connectivity index (χ2v) is 7.42. The number of hydrogen-bond acceptors (Lipinski definition) is 5. The molecule has 6 heteroatoms. The molecule has 1 aliphatic rings. The van der Waals surface area contributed by atoms with Gasteiger partial charge in [-0.2, -0.15) is 12.6 Å². The van der Waals surface area contributed by atoms with Gasteiger partial charge in [-0.15, -0.1) is 0 Å². The van der Waals surface area contributed by atoms with Crippen LogP contribution < -0.4 is 24.0 Å². The molecule has 1 unspecified atom stereocenters. The molecule has 3 nitrogen and oxygen atoms in total. The van der Waals surface area contributed by atoms with Gasteiger partial charge in [0.05, 0.1) is 5.97 Å². The Kier molecular flexibility index (Phi) is 7.02. The van der Waals surface area contributed by atoms with Crippen molar-refractivity contribution in [1.29, 1.82) is 0 Å². The maximum atomic E-state index is 11.8. The van der Waals surface area contributed by atoms with Gasteiger partial charge in [-0.3, -0.25) is 4.79 Å². The summed E-state index contributed by atoms with van der Waals surface area (Å²) in [6, 6.07) is 17.1. The summed E-state index contributed by atoms with van der Waals surface area (Å²) in [5.41, 5.74) is 0.942. The molecule has 2 aromatic rings. The Morgan fingerprint density at radius 3 is 2.15 bits per heavy atom. The summed E-state index contributed by atoms with van der Waals surface area (Å²) < 4.78 is -1.59. The second-order valence-electron chi connectivity index (χ2n) is 5.60. The Labute approximate surface area is 174 Å². The molecule has 0 radical (unpaired) electrons. The monoisotopic (exact) mass is 374 g/mol. The normalized spacial score (nSPS) is 15.6. The van der Waals surface area contributed by atoms with Crippen molar-refractivity contribution >= 4 is 36.1 Å². The fourth-order valence-electron chi connectivity index (χ4n) is 2.59. The van der Waals surface area contributed by atoms with E-state index in [9.17, 15) is 14.7 Å². The van der Waals surface area contributed by atoms with E-state index in [2.05, 4.69) is 12.6 Å². The molecule has 1 atom stereocenters. The first kappa shape index (κ1) is 20.7. The number of allylic oxidation sites excluding steroid dienone is 3. The molecule has 0 aromatic heterocycles. The smallest absolute Gasteiger partial charge is 0.548 e. The third kappa shape index (κ3) is 4.36. The van der Waals surface area contributed by atoms with Crippen molar-refractivity contribution in [2.24, 2.45) is 0 Å². The predicted octanol–water partition coefficient (Wildman–Crippen LogP) is 0.172. The minimum atomic E-state index is -1.59. The van der Waals surface area contributed by atoms with Crippen LogP contribution in [0.1, 0.15) is 12.0 Å². The third-order valence-corrected chi connectivity index (χ3v) is 5.65. The van der Waals surface area contributed by atoms with Crippen LogP contribution in [0.2, 0.25) is 0 Å². The average molecular weight is 374 g/mol. The van der Waals surface area contributed by atoms with Crippen molar-refractivity contribution in [3.05, 3.63) is 84.0 Å². The molecule has 26 heavy (non-hydrogen) atoms. The summed E-state index contributed by atoms with van der Waals surface area (Å²) >= 11 is 6.00. The Balaban J connectivity index is 0.00000243. The van der Waals surface area contributed by atoms with Crippen LogP contribution in [-0.4, -0.2) is 11.8 Å². The maximum absolute atomic E-state index is 11.8. The molecular weight excluding hydrogens is 359 g/mol. The predicted molar refractivity (Wildman–Crippen MR) is 99.5 cm³/mol. The standard InChI is InChI=1S/C20H16O3S2.Li/c21-16-10-6-14(7-11-16)20(24,19(22)23)15-8-12-18(13-9-15)25-17-4-2-1-3-5-17;/h1-10,12-13,24H,11H2,(H,22,23);/q;+1/p-1. The van der Waals surface area contributed by atoms with Gasteiger partial charge in [0.15, 0.2) is 5.78 Å². The average Bonchev–Trinajstić information content (AvgIpc) is 2.63. The quantitative estimate of drug-likeness (QED) is 0.599. The Hall–Kier alpha value is -1.64. The molecule has 0 saturated carbocycles. The van der Waals surface area contributed by atoms with Crippen molar-refractivity contribution in [3.8, 4) is 0 Å². The molecule has 126 valence electrons. The van der Waals surface area contributed by atoms with Gasteiger partial charge in [0, 0.05) is 16.2 Å². The molecular formula is C20H15LiO3S2. The summed E-state index contributed by atoms with van der Waals surface area (Å²) in [6.07, 6.45) is 4.64. The van der Waals surface area contributed by atoms with Crippen molar-refractivity contribution in [2.45, 2.75) is 21.0 Å². The van der Waals surface area contributed by atoms with E-state index in [-0.39, 0.29) is 31.1 Å². The summed E-state index contributed by atoms with van der Waals surface area (Å²) in [6.45, 7) is 0. The molecule has 3 rings (SSSR count). The zero-order valence-electron chi connectivity index (χ0n) is 14.2. The number of carbonyl (C=O) groups excluding carboxylic acids is 2. The molecule has 0 aliphatic heterocycles. The second kappa shape index (κ2) is 8.83. The van der Waals surface area contributed by atoms with E-state index in [0.717, 1.165) is 9.79 Å². The number of thiol groups is 1. The van der Waals surface area contributed by atoms with Crippen molar-refractivity contribution in [3.63, 3.8) is 0 Å². The molecule has 0 spiro atoms. The van der Waals surface area contributed by atoms with Crippen LogP contribution in [0.5, 0.6) is 0 Å². The van der Waals surface area contributed by atoms with Gasteiger partial charge >= 0.3 is 18.9 Å². The zero-order valence-corrected chi connectivity index (χ0v) is 15.9. The van der Waals surface area contributed by atoms with Crippen LogP contribution in [0, 0.1) is 0 Å². The number of benzene rings is 2. The third-order valence-electron chi connectivity index (χ3n) is 3.94. The number of carboxylic acids is 1. The van der Waals surface area contributed by atoms with E-state index in [4.69, 9.17) is 0 Å². The SMILES string of the molecule is O=C1C=CC(C(S)(C(=O)[O-])c2ccc(Sc3ccccc3)cc2)=CC1.[Li+]. The topological polar surface area (TPSA) is 57.2 Å². The van der Waals surface area contributed by atoms with Gasteiger partial charge < -0.3 is 9.90 Å². The van der Waals surface area contributed by atoms with Gasteiger partial charge in [0.25, 0.3) is 0 Å². The number of aliphatic carboxylic acids is 1.